The number of azo groups is 2. The van der Waals surface area contributed by atoms with Gasteiger partial charge >= 0.3 is 0 Å². The number of hydrogen-bond donors (Lipinski definition) is 2. The summed E-state index contributed by atoms with van der Waals surface area (Å²) in [6.45, 7) is 27.1. The molecule has 0 aromatic carbocycles. The van der Waals surface area contributed by atoms with Gasteiger partial charge in [-0.15, -0.1) is 39.9 Å². The third kappa shape index (κ3) is 5.55. The van der Waals surface area contributed by atoms with E-state index >= 15 is 0 Å². The second kappa shape index (κ2) is 11.8. The maximum atomic E-state index is 10.1. The van der Waals surface area contributed by atoms with E-state index in [2.05, 4.69) is 81.9 Å². The van der Waals surface area contributed by atoms with Crippen molar-refractivity contribution in [1.29, 1.82) is 5.26 Å². The smallest absolute Gasteiger partial charge is 0.255 e. The fraction of sp³-hybridized carbons (Fsp3) is 0.375. The molecule has 0 amide bonds. The lowest BCUT2D eigenvalue weighted by molar-refractivity contribution is 0.556. The summed E-state index contributed by atoms with van der Waals surface area (Å²) in [7, 11) is 0. The lowest BCUT2D eigenvalue weighted by atomic mass is 9.91. The zero-order valence-electron chi connectivity index (χ0n) is 30.2. The summed E-state index contributed by atoms with van der Waals surface area (Å²) in [5.74, 6) is 2.14. The van der Waals surface area contributed by atoms with Crippen LogP contribution in [0.1, 0.15) is 81.5 Å². The van der Waals surface area contributed by atoms with Crippen LogP contribution >= 0.6 is 0 Å². The predicted molar refractivity (Wildman–Crippen MR) is 187 cm³/mol. The SMILES string of the molecule is [C-]#[N+]c1c(C)nn(-c2cc(-n3nc(C)c(C#N)c3/N=N/c3c(C(C)(C)C)nn4nc(C)[nH]c34)ncn2)c1/N=N/c1c(C(C)(C)C)nn2nc(C)[nH]c12. The van der Waals surface area contributed by atoms with Gasteiger partial charge in [-0.25, -0.2) is 19.5 Å². The highest BCUT2D eigenvalue weighted by Crippen LogP contribution is 2.39. The standard InChI is InChI=1S/C32H34N20/c1-15-19(13-33)27(41-39-23-25(31(5,6)7)47-51-28(23)37-17(3)45-51)49(43-15)20-12-21(36-14-35-20)50-30(22(34-11)16(2)44-50)42-40-24-26(32(8,9)10)48-52-29(24)38-18(4)46-52/h12,14H,1-10H3,(H,37,45)(H,38,46)/b41-39+,42-40+. The van der Waals surface area contributed by atoms with Crippen molar-refractivity contribution in [2.24, 2.45) is 20.5 Å². The molecule has 0 aliphatic heterocycles. The van der Waals surface area contributed by atoms with Crippen molar-refractivity contribution in [3.8, 4) is 17.7 Å². The first kappa shape index (κ1) is 33.5. The largest absolute Gasteiger partial charge is 0.324 e. The van der Waals surface area contributed by atoms with Gasteiger partial charge in [0.1, 0.15) is 29.6 Å². The highest BCUT2D eigenvalue weighted by atomic mass is 15.5. The van der Waals surface area contributed by atoms with E-state index < -0.39 is 0 Å². The second-order valence-electron chi connectivity index (χ2n) is 14.2. The minimum absolute atomic E-state index is 0.147. The number of hydrogen-bond acceptors (Lipinski definition) is 13. The molecule has 0 unspecified atom stereocenters. The van der Waals surface area contributed by atoms with Crippen LogP contribution in [-0.2, 0) is 10.8 Å². The van der Waals surface area contributed by atoms with Crippen molar-refractivity contribution in [1.82, 2.24) is 69.2 Å². The van der Waals surface area contributed by atoms with E-state index in [1.807, 2.05) is 55.4 Å². The van der Waals surface area contributed by atoms with Crippen molar-refractivity contribution in [3.05, 3.63) is 63.8 Å². The van der Waals surface area contributed by atoms with E-state index in [1.54, 1.807) is 19.9 Å². The Morgan fingerprint density at radius 2 is 1.17 bits per heavy atom. The molecule has 0 bridgehead atoms. The number of rotatable bonds is 6. The van der Waals surface area contributed by atoms with Crippen LogP contribution in [0.2, 0.25) is 0 Å². The Morgan fingerprint density at radius 3 is 1.65 bits per heavy atom. The van der Waals surface area contributed by atoms with Gasteiger partial charge in [0.25, 0.3) is 5.69 Å². The highest BCUT2D eigenvalue weighted by molar-refractivity contribution is 5.71. The van der Waals surface area contributed by atoms with Crippen LogP contribution in [0.4, 0.5) is 28.7 Å². The van der Waals surface area contributed by atoms with E-state index in [-0.39, 0.29) is 45.4 Å². The molecule has 7 aromatic rings. The summed E-state index contributed by atoms with van der Waals surface area (Å²) in [6.07, 6.45) is 1.32. The Morgan fingerprint density at radius 1 is 0.692 bits per heavy atom. The average Bonchev–Trinajstić information content (AvgIpc) is 3.89. The zero-order valence-corrected chi connectivity index (χ0v) is 30.2. The molecule has 0 aliphatic carbocycles. The summed E-state index contributed by atoms with van der Waals surface area (Å²) in [6, 6.07) is 3.79. The molecule has 262 valence electrons. The lowest BCUT2D eigenvalue weighted by Crippen LogP contribution is -2.12. The number of nitriles is 1. The molecule has 0 atom stereocenters. The number of aromatic nitrogens is 14. The van der Waals surface area contributed by atoms with Gasteiger partial charge in [-0.05, 0) is 27.7 Å². The van der Waals surface area contributed by atoms with Crippen LogP contribution < -0.4 is 0 Å². The lowest BCUT2D eigenvalue weighted by Gasteiger charge is -2.15. The molecular weight excluding hydrogens is 664 g/mol. The highest BCUT2D eigenvalue weighted by Gasteiger charge is 2.29. The molecule has 7 aromatic heterocycles. The molecule has 0 spiro atoms. The van der Waals surface area contributed by atoms with Gasteiger partial charge in [-0.1, -0.05) is 41.5 Å². The first-order valence-corrected chi connectivity index (χ1v) is 16.1. The molecule has 0 saturated carbocycles. The van der Waals surface area contributed by atoms with Crippen LogP contribution in [0.3, 0.4) is 0 Å². The molecule has 20 heteroatoms. The number of fused-ring (bicyclic) bond motifs is 2. The molecule has 0 aliphatic rings. The fourth-order valence-electron chi connectivity index (χ4n) is 5.59. The van der Waals surface area contributed by atoms with Crippen LogP contribution in [0.5, 0.6) is 0 Å². The third-order valence-corrected chi connectivity index (χ3v) is 8.02. The van der Waals surface area contributed by atoms with Crippen LogP contribution in [0, 0.1) is 45.6 Å². The van der Waals surface area contributed by atoms with Gasteiger partial charge in [0.15, 0.2) is 45.9 Å². The number of H-pyrrole nitrogens is 2. The van der Waals surface area contributed by atoms with Crippen LogP contribution in [-0.4, -0.2) is 69.2 Å². The minimum Gasteiger partial charge on any atom is -0.324 e. The van der Waals surface area contributed by atoms with Crippen molar-refractivity contribution in [2.75, 3.05) is 0 Å². The third-order valence-electron chi connectivity index (χ3n) is 8.02. The first-order chi connectivity index (χ1) is 24.6. The minimum atomic E-state index is -0.385. The number of nitrogens with one attached hydrogen (secondary N) is 2. The van der Waals surface area contributed by atoms with Crippen molar-refractivity contribution >= 4 is 40.0 Å². The fourth-order valence-corrected chi connectivity index (χ4v) is 5.59. The molecule has 20 nitrogen and oxygen atoms in total. The second-order valence-corrected chi connectivity index (χ2v) is 14.2. The molecule has 52 heavy (non-hydrogen) atoms. The molecular formula is C32H34N20. The Labute approximate surface area is 296 Å². The molecule has 7 heterocycles. The van der Waals surface area contributed by atoms with Crippen molar-refractivity contribution in [3.63, 3.8) is 0 Å². The molecule has 0 fully saturated rings. The first-order valence-electron chi connectivity index (χ1n) is 16.1. The van der Waals surface area contributed by atoms with Crippen molar-refractivity contribution < 1.29 is 0 Å². The van der Waals surface area contributed by atoms with Gasteiger partial charge in [-0.2, -0.15) is 30.3 Å². The maximum Gasteiger partial charge on any atom is 0.255 e. The quantitative estimate of drug-likeness (QED) is 0.139. The van der Waals surface area contributed by atoms with Crippen LogP contribution in [0.25, 0.3) is 27.8 Å². The summed E-state index contributed by atoms with van der Waals surface area (Å²) in [4.78, 5) is 19.0. The Balaban J connectivity index is 1.34. The summed E-state index contributed by atoms with van der Waals surface area (Å²) >= 11 is 0. The van der Waals surface area contributed by atoms with Crippen molar-refractivity contribution in [2.45, 2.75) is 80.1 Å². The zero-order chi connectivity index (χ0) is 37.3. The van der Waals surface area contributed by atoms with E-state index in [1.165, 1.54) is 25.0 Å². The summed E-state index contributed by atoms with van der Waals surface area (Å²) in [5.41, 5.74) is 3.92. The molecule has 0 radical (unpaired) electrons. The van der Waals surface area contributed by atoms with Gasteiger partial charge in [-0.3, -0.25) is 0 Å². The summed E-state index contributed by atoms with van der Waals surface area (Å²) in [5, 5.41) is 55.7. The Bertz CT molecular complexity index is 2490. The van der Waals surface area contributed by atoms with E-state index in [0.717, 1.165) is 0 Å². The van der Waals surface area contributed by atoms with Gasteiger partial charge in [0.05, 0.1) is 29.3 Å². The van der Waals surface area contributed by atoms with E-state index in [9.17, 15) is 5.26 Å². The van der Waals surface area contributed by atoms with Crippen LogP contribution in [0.15, 0.2) is 32.9 Å². The topological polar surface area (TPSA) is 231 Å². The number of aromatic amines is 2. The predicted octanol–water partition coefficient (Wildman–Crippen LogP) is 6.67. The number of nitrogens with zero attached hydrogens (tertiary/aromatic N) is 18. The molecule has 2 N–H and O–H groups in total. The monoisotopic (exact) mass is 698 g/mol. The van der Waals surface area contributed by atoms with Gasteiger partial charge in [0, 0.05) is 16.9 Å². The normalized spacial score (nSPS) is 12.6. The maximum absolute atomic E-state index is 10.1. The average molecular weight is 699 g/mol. The van der Waals surface area contributed by atoms with Gasteiger partial charge in [0.2, 0.25) is 0 Å². The molecule has 7 rings (SSSR count). The Kier molecular flexibility index (Phi) is 7.63. The van der Waals surface area contributed by atoms with Gasteiger partial charge < -0.3 is 9.97 Å². The Hall–Kier alpha value is -6.96. The van der Waals surface area contributed by atoms with E-state index in [4.69, 9.17) is 6.57 Å². The molecule has 0 saturated heterocycles. The number of aryl methyl sites for hydroxylation is 4. The van der Waals surface area contributed by atoms with E-state index in [0.29, 0.717) is 57.1 Å². The summed E-state index contributed by atoms with van der Waals surface area (Å²) < 4.78 is 5.80.